The van der Waals surface area contributed by atoms with Crippen LogP contribution in [0.15, 0.2) is 48.9 Å². The van der Waals surface area contributed by atoms with Gasteiger partial charge in [-0.1, -0.05) is 0 Å². The summed E-state index contributed by atoms with van der Waals surface area (Å²) in [4.78, 5) is 15.3. The maximum atomic E-state index is 11.3. The summed E-state index contributed by atoms with van der Waals surface area (Å²) in [7, 11) is 0. The molecule has 0 saturated carbocycles. The Kier molecular flexibility index (Phi) is 2.76. The largest absolute Gasteiger partial charge is 0.508 e. The number of rotatable bonds is 3. The number of phenolic OH excluding ortho intramolecular Hbond substituents is 1. The summed E-state index contributed by atoms with van der Waals surface area (Å²) in [5.74, 6) is 0.555. The second kappa shape index (κ2) is 4.58. The molecule has 0 atom stereocenters. The van der Waals surface area contributed by atoms with Crippen molar-refractivity contribution in [3.63, 3.8) is 0 Å². The van der Waals surface area contributed by atoms with Gasteiger partial charge in [0, 0.05) is 11.6 Å². The molecule has 0 aliphatic heterocycles. The fourth-order valence-corrected chi connectivity index (χ4v) is 1.86. The van der Waals surface area contributed by atoms with Crippen molar-refractivity contribution in [1.82, 2.24) is 9.38 Å². The fourth-order valence-electron chi connectivity index (χ4n) is 1.86. The van der Waals surface area contributed by atoms with E-state index in [1.807, 2.05) is 0 Å². The molecule has 3 N–H and O–H groups in total. The molecule has 0 aliphatic carbocycles. The van der Waals surface area contributed by atoms with E-state index in [-0.39, 0.29) is 5.75 Å². The fraction of sp³-hybridized carbons (Fsp3) is 0. The number of imidazole rings is 1. The van der Waals surface area contributed by atoms with E-state index >= 15 is 0 Å². The van der Waals surface area contributed by atoms with E-state index in [2.05, 4.69) is 4.98 Å². The molecule has 2 heterocycles. The first kappa shape index (κ1) is 12.0. The maximum Gasteiger partial charge on any atom is 0.248 e. The van der Waals surface area contributed by atoms with Crippen LogP contribution in [0.4, 0.5) is 0 Å². The first-order chi connectivity index (χ1) is 9.63. The zero-order valence-electron chi connectivity index (χ0n) is 10.4. The van der Waals surface area contributed by atoms with Crippen LogP contribution in [-0.2, 0) is 0 Å². The normalized spacial score (nSPS) is 10.6. The van der Waals surface area contributed by atoms with Crippen molar-refractivity contribution in [1.29, 1.82) is 0 Å². The summed E-state index contributed by atoms with van der Waals surface area (Å²) in [6.45, 7) is 0. The molecule has 3 rings (SSSR count). The Morgan fingerprint density at radius 2 is 2.00 bits per heavy atom. The van der Waals surface area contributed by atoms with Gasteiger partial charge in [-0.2, -0.15) is 0 Å². The number of amides is 1. The van der Waals surface area contributed by atoms with Crippen molar-refractivity contribution in [2.75, 3.05) is 0 Å². The standard InChI is InChI=1S/C14H11N3O3/c15-14(19)9-5-10-7-16-8-17(10)13(6-9)20-12-3-1-11(18)2-4-12/h1-8,18H,(H2,15,19). The highest BCUT2D eigenvalue weighted by Crippen LogP contribution is 2.25. The molecular weight excluding hydrogens is 258 g/mol. The number of hydrogen-bond donors (Lipinski definition) is 2. The Bertz CT molecular complexity index is 778. The van der Waals surface area contributed by atoms with E-state index in [0.717, 1.165) is 0 Å². The minimum atomic E-state index is -0.538. The highest BCUT2D eigenvalue weighted by molar-refractivity contribution is 5.94. The Hall–Kier alpha value is -3.02. The summed E-state index contributed by atoms with van der Waals surface area (Å²) in [6.07, 6.45) is 3.19. The number of fused-ring (bicyclic) bond motifs is 1. The predicted molar refractivity (Wildman–Crippen MR) is 71.9 cm³/mol. The van der Waals surface area contributed by atoms with Gasteiger partial charge >= 0.3 is 0 Å². The van der Waals surface area contributed by atoms with Gasteiger partial charge in [-0.25, -0.2) is 4.98 Å². The molecular formula is C14H11N3O3. The average Bonchev–Trinajstić information content (AvgIpc) is 2.89. The molecule has 0 spiro atoms. The molecule has 0 bridgehead atoms. The lowest BCUT2D eigenvalue weighted by Gasteiger charge is -2.09. The Labute approximate surface area is 114 Å². The Morgan fingerprint density at radius 3 is 2.70 bits per heavy atom. The smallest absolute Gasteiger partial charge is 0.248 e. The lowest BCUT2D eigenvalue weighted by molar-refractivity contribution is 0.1000. The van der Waals surface area contributed by atoms with E-state index < -0.39 is 5.91 Å². The number of nitrogens with zero attached hydrogens (tertiary/aromatic N) is 2. The molecule has 6 heteroatoms. The van der Waals surface area contributed by atoms with Gasteiger partial charge in [0.15, 0.2) is 0 Å². The van der Waals surface area contributed by atoms with E-state index in [1.54, 1.807) is 41.2 Å². The summed E-state index contributed by atoms with van der Waals surface area (Å²) >= 11 is 0. The van der Waals surface area contributed by atoms with Crippen LogP contribution < -0.4 is 10.5 Å². The molecule has 0 saturated heterocycles. The van der Waals surface area contributed by atoms with Crippen LogP contribution in [0.5, 0.6) is 17.4 Å². The quantitative estimate of drug-likeness (QED) is 0.760. The molecule has 0 unspecified atom stereocenters. The van der Waals surface area contributed by atoms with Gasteiger partial charge in [-0.15, -0.1) is 0 Å². The molecule has 0 aliphatic rings. The van der Waals surface area contributed by atoms with Crippen LogP contribution in [-0.4, -0.2) is 20.4 Å². The molecule has 1 aromatic carbocycles. The zero-order valence-corrected chi connectivity index (χ0v) is 10.4. The second-order valence-electron chi connectivity index (χ2n) is 4.23. The minimum absolute atomic E-state index is 0.149. The van der Waals surface area contributed by atoms with Crippen molar-refractivity contribution in [3.8, 4) is 17.4 Å². The number of ether oxygens (including phenoxy) is 1. The van der Waals surface area contributed by atoms with Crippen molar-refractivity contribution in [2.24, 2.45) is 5.73 Å². The van der Waals surface area contributed by atoms with Crippen molar-refractivity contribution < 1.29 is 14.6 Å². The number of primary amides is 1. The van der Waals surface area contributed by atoms with Gasteiger partial charge in [0.05, 0.1) is 11.7 Å². The summed E-state index contributed by atoms with van der Waals surface area (Å²) in [6, 6.07) is 9.45. The van der Waals surface area contributed by atoms with Crippen molar-refractivity contribution in [3.05, 3.63) is 54.5 Å². The van der Waals surface area contributed by atoms with Gasteiger partial charge in [0.25, 0.3) is 0 Å². The molecule has 0 radical (unpaired) electrons. The molecule has 2 aromatic heterocycles. The SMILES string of the molecule is NC(=O)c1cc(Oc2ccc(O)cc2)n2cncc2c1. The summed E-state index contributed by atoms with van der Waals surface area (Å²) in [5, 5.41) is 9.25. The van der Waals surface area contributed by atoms with E-state index in [9.17, 15) is 9.90 Å². The number of carbonyl (C=O) groups is 1. The Morgan fingerprint density at radius 1 is 1.25 bits per heavy atom. The molecule has 100 valence electrons. The van der Waals surface area contributed by atoms with Crippen LogP contribution in [0.1, 0.15) is 10.4 Å². The van der Waals surface area contributed by atoms with Crippen molar-refractivity contribution in [2.45, 2.75) is 0 Å². The highest BCUT2D eigenvalue weighted by atomic mass is 16.5. The van der Waals surface area contributed by atoms with Gasteiger partial charge in [-0.3, -0.25) is 9.20 Å². The van der Waals surface area contributed by atoms with E-state index in [4.69, 9.17) is 10.5 Å². The molecule has 0 fully saturated rings. The van der Waals surface area contributed by atoms with Gasteiger partial charge < -0.3 is 15.6 Å². The highest BCUT2D eigenvalue weighted by Gasteiger charge is 2.09. The molecule has 20 heavy (non-hydrogen) atoms. The number of carbonyl (C=O) groups excluding carboxylic acids is 1. The third-order valence-corrected chi connectivity index (χ3v) is 2.83. The third-order valence-electron chi connectivity index (χ3n) is 2.83. The number of hydrogen-bond acceptors (Lipinski definition) is 4. The molecule has 6 nitrogen and oxygen atoms in total. The van der Waals surface area contributed by atoms with E-state index in [0.29, 0.717) is 22.7 Å². The lowest BCUT2D eigenvalue weighted by Crippen LogP contribution is -2.11. The second-order valence-corrected chi connectivity index (χ2v) is 4.23. The third kappa shape index (κ3) is 2.14. The summed E-state index contributed by atoms with van der Waals surface area (Å²) in [5.41, 5.74) is 6.34. The number of nitrogens with two attached hydrogens (primary N) is 1. The number of aromatic nitrogens is 2. The number of aromatic hydroxyl groups is 1. The molecule has 1 amide bonds. The Balaban J connectivity index is 2.07. The van der Waals surface area contributed by atoms with Crippen LogP contribution >= 0.6 is 0 Å². The number of pyridine rings is 1. The topological polar surface area (TPSA) is 89.9 Å². The first-order valence-corrected chi connectivity index (χ1v) is 5.86. The maximum absolute atomic E-state index is 11.3. The lowest BCUT2D eigenvalue weighted by atomic mass is 10.2. The van der Waals surface area contributed by atoms with Crippen LogP contribution in [0.25, 0.3) is 5.52 Å². The number of phenols is 1. The monoisotopic (exact) mass is 269 g/mol. The minimum Gasteiger partial charge on any atom is -0.508 e. The average molecular weight is 269 g/mol. The summed E-state index contributed by atoms with van der Waals surface area (Å²) < 4.78 is 7.39. The zero-order chi connectivity index (χ0) is 14.1. The van der Waals surface area contributed by atoms with Gasteiger partial charge in [0.1, 0.15) is 17.8 Å². The van der Waals surface area contributed by atoms with Crippen LogP contribution in [0, 0.1) is 0 Å². The predicted octanol–water partition coefficient (Wildman–Crippen LogP) is 1.93. The van der Waals surface area contributed by atoms with Gasteiger partial charge in [0.2, 0.25) is 11.8 Å². The van der Waals surface area contributed by atoms with E-state index in [1.165, 1.54) is 12.1 Å². The van der Waals surface area contributed by atoms with Crippen molar-refractivity contribution >= 4 is 11.4 Å². The number of benzene rings is 1. The van der Waals surface area contributed by atoms with Gasteiger partial charge in [-0.05, 0) is 30.3 Å². The molecule has 3 aromatic rings. The van der Waals surface area contributed by atoms with Crippen LogP contribution in [0.3, 0.4) is 0 Å². The van der Waals surface area contributed by atoms with Crippen LogP contribution in [0.2, 0.25) is 0 Å². The first-order valence-electron chi connectivity index (χ1n) is 5.86.